The van der Waals surface area contributed by atoms with Crippen molar-refractivity contribution in [2.75, 3.05) is 33.4 Å². The van der Waals surface area contributed by atoms with Gasteiger partial charge < -0.3 is 14.4 Å². The van der Waals surface area contributed by atoms with Crippen molar-refractivity contribution >= 4 is 29.1 Å². The van der Waals surface area contributed by atoms with E-state index < -0.39 is 5.92 Å². The predicted molar refractivity (Wildman–Crippen MR) is 119 cm³/mol. The maximum Gasteiger partial charge on any atom is 0.260 e. The van der Waals surface area contributed by atoms with Crippen molar-refractivity contribution in [2.24, 2.45) is 21.8 Å². The number of allylic oxidation sites excluding steroid dienone is 3. The van der Waals surface area contributed by atoms with Crippen molar-refractivity contribution in [3.8, 4) is 5.75 Å². The van der Waals surface area contributed by atoms with Crippen LogP contribution in [-0.4, -0.2) is 67.5 Å². The number of fused-ring (bicyclic) bond motifs is 1. The van der Waals surface area contributed by atoms with Crippen LogP contribution in [0.25, 0.3) is 0 Å². The van der Waals surface area contributed by atoms with Gasteiger partial charge in [0.05, 0.1) is 12.8 Å². The number of methoxy groups -OCH3 is 1. The van der Waals surface area contributed by atoms with E-state index in [0.29, 0.717) is 43.0 Å². The molecule has 1 saturated heterocycles. The van der Waals surface area contributed by atoms with E-state index in [0.717, 1.165) is 0 Å². The Morgan fingerprint density at radius 2 is 1.84 bits per heavy atom. The van der Waals surface area contributed by atoms with Crippen LogP contribution in [0.5, 0.6) is 5.75 Å². The lowest BCUT2D eigenvalue weighted by molar-refractivity contribution is -0.136. The Balaban J connectivity index is 1.22. The van der Waals surface area contributed by atoms with Gasteiger partial charge in [0.15, 0.2) is 11.6 Å². The largest absolute Gasteiger partial charge is 0.497 e. The number of hydrogen-bond acceptors (Lipinski definition) is 6. The average molecular weight is 435 g/mol. The molecule has 32 heavy (non-hydrogen) atoms. The molecule has 1 aromatic rings. The molecule has 0 bridgehead atoms. The SMILES string of the molecule is COc1ccc(C(=O)C2CCN(C(=O)COCC3=NC(=O)C4C=CC=CC4=N3)CC2)cc1. The monoisotopic (exact) mass is 435 g/mol. The Kier molecular flexibility index (Phi) is 6.70. The summed E-state index contributed by atoms with van der Waals surface area (Å²) in [5.41, 5.74) is 1.30. The molecule has 0 N–H and O–H groups in total. The first-order chi connectivity index (χ1) is 15.5. The van der Waals surface area contributed by atoms with E-state index in [9.17, 15) is 14.4 Å². The Hall–Kier alpha value is -3.39. The lowest BCUT2D eigenvalue weighted by Gasteiger charge is -2.31. The van der Waals surface area contributed by atoms with Crippen LogP contribution >= 0.6 is 0 Å². The lowest BCUT2D eigenvalue weighted by Crippen LogP contribution is -2.42. The van der Waals surface area contributed by atoms with E-state index >= 15 is 0 Å². The van der Waals surface area contributed by atoms with Crippen LogP contribution in [0.15, 0.2) is 58.6 Å². The normalized spacial score (nSPS) is 20.5. The third kappa shape index (κ3) is 4.91. The summed E-state index contributed by atoms with van der Waals surface area (Å²) in [4.78, 5) is 47.3. The number of benzene rings is 1. The van der Waals surface area contributed by atoms with Crippen molar-refractivity contribution in [2.45, 2.75) is 12.8 Å². The fourth-order valence-electron chi connectivity index (χ4n) is 3.99. The summed E-state index contributed by atoms with van der Waals surface area (Å²) < 4.78 is 10.6. The van der Waals surface area contributed by atoms with Gasteiger partial charge in [-0.25, -0.2) is 4.99 Å². The smallest absolute Gasteiger partial charge is 0.260 e. The van der Waals surface area contributed by atoms with E-state index in [1.165, 1.54) is 0 Å². The minimum absolute atomic E-state index is 0.00231. The molecule has 3 aliphatic rings. The Morgan fingerprint density at radius 3 is 2.56 bits per heavy atom. The first kappa shape index (κ1) is 21.8. The second-order valence-corrected chi connectivity index (χ2v) is 7.87. The van der Waals surface area contributed by atoms with Gasteiger partial charge in [-0.2, -0.15) is 4.99 Å². The molecule has 2 amide bonds. The van der Waals surface area contributed by atoms with Gasteiger partial charge in [0.2, 0.25) is 5.91 Å². The zero-order chi connectivity index (χ0) is 22.5. The van der Waals surface area contributed by atoms with Crippen molar-refractivity contribution in [1.82, 2.24) is 4.90 Å². The number of nitrogens with zero attached hydrogens (tertiary/aromatic N) is 3. The topological polar surface area (TPSA) is 97.6 Å². The van der Waals surface area contributed by atoms with E-state index in [1.54, 1.807) is 54.5 Å². The van der Waals surface area contributed by atoms with Gasteiger partial charge in [-0.1, -0.05) is 18.2 Å². The zero-order valence-corrected chi connectivity index (χ0v) is 17.9. The highest BCUT2D eigenvalue weighted by atomic mass is 16.5. The van der Waals surface area contributed by atoms with Gasteiger partial charge in [0, 0.05) is 24.6 Å². The minimum atomic E-state index is -0.424. The Labute approximate surface area is 186 Å². The van der Waals surface area contributed by atoms with Crippen LogP contribution in [-0.2, 0) is 14.3 Å². The van der Waals surface area contributed by atoms with Crippen molar-refractivity contribution in [3.63, 3.8) is 0 Å². The lowest BCUT2D eigenvalue weighted by atomic mass is 9.89. The highest BCUT2D eigenvalue weighted by Gasteiger charge is 2.29. The standard InChI is InChI=1S/C24H25N3O5/c1-31-18-8-6-16(7-9-18)23(29)17-10-12-27(13-11-17)22(28)15-32-14-21-25-20-5-3-2-4-19(20)24(30)26-21/h2-9,17,19H,10-15H2,1H3. The summed E-state index contributed by atoms with van der Waals surface area (Å²) in [6, 6.07) is 7.10. The number of amides is 2. The van der Waals surface area contributed by atoms with Gasteiger partial charge in [-0.3, -0.25) is 14.4 Å². The van der Waals surface area contributed by atoms with Gasteiger partial charge in [0.25, 0.3) is 5.91 Å². The number of hydrogen-bond donors (Lipinski definition) is 0. The molecule has 1 aliphatic carbocycles. The molecule has 8 heteroatoms. The van der Waals surface area contributed by atoms with Crippen molar-refractivity contribution in [3.05, 3.63) is 54.1 Å². The van der Waals surface area contributed by atoms with Crippen molar-refractivity contribution in [1.29, 1.82) is 0 Å². The molecule has 0 aromatic heterocycles. The van der Waals surface area contributed by atoms with Gasteiger partial charge in [-0.15, -0.1) is 0 Å². The molecule has 0 radical (unpaired) electrons. The van der Waals surface area contributed by atoms with Gasteiger partial charge >= 0.3 is 0 Å². The summed E-state index contributed by atoms with van der Waals surface area (Å²) in [5.74, 6) is 0.143. The minimum Gasteiger partial charge on any atom is -0.497 e. The van der Waals surface area contributed by atoms with Crippen LogP contribution in [0.1, 0.15) is 23.2 Å². The van der Waals surface area contributed by atoms with Crippen LogP contribution in [0.4, 0.5) is 0 Å². The highest BCUT2D eigenvalue weighted by molar-refractivity contribution is 6.21. The van der Waals surface area contributed by atoms with E-state index in [2.05, 4.69) is 9.98 Å². The number of aliphatic imine (C=N–C) groups is 2. The Bertz CT molecular complexity index is 1010. The van der Waals surface area contributed by atoms with Gasteiger partial charge in [0.1, 0.15) is 24.9 Å². The fraction of sp³-hybridized carbons (Fsp3) is 0.375. The first-order valence-electron chi connectivity index (χ1n) is 10.6. The number of ketones is 1. The van der Waals surface area contributed by atoms with E-state index in [-0.39, 0.29) is 42.6 Å². The fourth-order valence-corrected chi connectivity index (χ4v) is 3.99. The van der Waals surface area contributed by atoms with Crippen LogP contribution in [0, 0.1) is 11.8 Å². The molecular formula is C24H25N3O5. The third-order valence-corrected chi connectivity index (χ3v) is 5.81. The van der Waals surface area contributed by atoms with Crippen LogP contribution in [0.3, 0.4) is 0 Å². The molecular weight excluding hydrogens is 410 g/mol. The average Bonchev–Trinajstić information content (AvgIpc) is 2.84. The van der Waals surface area contributed by atoms with E-state index in [4.69, 9.17) is 9.47 Å². The summed E-state index contributed by atoms with van der Waals surface area (Å²) >= 11 is 0. The van der Waals surface area contributed by atoms with Crippen LogP contribution < -0.4 is 4.74 Å². The third-order valence-electron chi connectivity index (χ3n) is 5.81. The number of rotatable bonds is 7. The quantitative estimate of drug-likeness (QED) is 0.612. The zero-order valence-electron chi connectivity index (χ0n) is 17.9. The highest BCUT2D eigenvalue weighted by Crippen LogP contribution is 2.23. The number of likely N-dealkylation sites (tertiary alicyclic amines) is 1. The molecule has 2 aliphatic heterocycles. The summed E-state index contributed by atoms with van der Waals surface area (Å²) in [5, 5.41) is 0. The first-order valence-corrected chi connectivity index (χ1v) is 10.6. The maximum atomic E-state index is 12.7. The summed E-state index contributed by atoms with van der Waals surface area (Å²) in [6.07, 6.45) is 8.39. The molecule has 0 saturated carbocycles. The number of carbonyl (C=O) groups is 3. The van der Waals surface area contributed by atoms with Crippen molar-refractivity contribution < 1.29 is 23.9 Å². The second-order valence-electron chi connectivity index (χ2n) is 7.87. The molecule has 1 fully saturated rings. The maximum absolute atomic E-state index is 12.7. The second kappa shape index (κ2) is 9.82. The molecule has 4 rings (SSSR count). The predicted octanol–water partition coefficient (Wildman–Crippen LogP) is 2.25. The van der Waals surface area contributed by atoms with Crippen LogP contribution in [0.2, 0.25) is 0 Å². The molecule has 1 aromatic carbocycles. The molecule has 1 atom stereocenters. The number of piperidine rings is 1. The number of amidine groups is 1. The Morgan fingerprint density at radius 1 is 1.09 bits per heavy atom. The number of carbonyl (C=O) groups excluding carboxylic acids is 3. The van der Waals surface area contributed by atoms with E-state index in [1.807, 2.05) is 6.08 Å². The molecule has 8 nitrogen and oxygen atoms in total. The summed E-state index contributed by atoms with van der Waals surface area (Å²) in [7, 11) is 1.59. The molecule has 0 spiro atoms. The number of ether oxygens (including phenoxy) is 2. The molecule has 2 heterocycles. The number of Topliss-reactive ketones (excluding diaryl/α,β-unsaturated/α-hetero) is 1. The van der Waals surface area contributed by atoms with Gasteiger partial charge in [-0.05, 0) is 43.2 Å². The molecule has 1 unspecified atom stereocenters. The molecule has 166 valence electrons. The summed E-state index contributed by atoms with van der Waals surface area (Å²) in [6.45, 7) is 0.899.